The Kier molecular flexibility index (Phi) is 6.27. The lowest BCUT2D eigenvalue weighted by Gasteiger charge is -2.15. The van der Waals surface area contributed by atoms with Crippen molar-refractivity contribution in [3.63, 3.8) is 0 Å². The molecule has 0 unspecified atom stereocenters. The van der Waals surface area contributed by atoms with Crippen LogP contribution in [-0.2, 0) is 11.3 Å². The molecule has 0 fully saturated rings. The monoisotopic (exact) mass is 467 g/mol. The molecule has 0 saturated carbocycles. The van der Waals surface area contributed by atoms with Gasteiger partial charge in [0, 0.05) is 17.5 Å². The fraction of sp³-hybridized carbons (Fsp3) is 0.185. The van der Waals surface area contributed by atoms with Crippen LogP contribution in [0.1, 0.15) is 24.5 Å². The summed E-state index contributed by atoms with van der Waals surface area (Å²) in [7, 11) is 0. The van der Waals surface area contributed by atoms with E-state index in [1.807, 2.05) is 73.7 Å². The van der Waals surface area contributed by atoms with Gasteiger partial charge < -0.3 is 5.32 Å². The highest BCUT2D eigenvalue weighted by Gasteiger charge is 2.22. The first-order chi connectivity index (χ1) is 16.6. The van der Waals surface area contributed by atoms with Gasteiger partial charge in [-0.3, -0.25) is 4.79 Å². The number of fused-ring (bicyclic) bond motifs is 3. The van der Waals surface area contributed by atoms with Crippen LogP contribution in [0.15, 0.2) is 84.0 Å². The largest absolute Gasteiger partial charge is 0.351 e. The van der Waals surface area contributed by atoms with Crippen LogP contribution in [0.2, 0.25) is 0 Å². The van der Waals surface area contributed by atoms with Crippen molar-refractivity contribution < 1.29 is 4.79 Å². The molecule has 5 rings (SSSR count). The standard InChI is InChI=1S/C27H25N5OS/c1-3-23(26(33)28-17-19-15-13-18(2)14-16-19)34-27-29-22-12-8-7-11-21(22)25-30-24(31-32(25)27)20-9-5-4-6-10-20/h4-16,23H,3,17H2,1-2H3,(H,28,33)/t23-/m0/s1. The second-order valence-electron chi connectivity index (χ2n) is 8.17. The lowest BCUT2D eigenvalue weighted by atomic mass is 10.1. The van der Waals surface area contributed by atoms with E-state index in [0.717, 1.165) is 27.7 Å². The summed E-state index contributed by atoms with van der Waals surface area (Å²) in [5.41, 5.74) is 4.79. The molecule has 170 valence electrons. The van der Waals surface area contributed by atoms with Gasteiger partial charge in [0.05, 0.1) is 10.8 Å². The number of hydrogen-bond donors (Lipinski definition) is 1. The van der Waals surface area contributed by atoms with Crippen molar-refractivity contribution in [3.8, 4) is 11.4 Å². The summed E-state index contributed by atoms with van der Waals surface area (Å²) in [6.45, 7) is 4.56. The predicted molar refractivity (Wildman–Crippen MR) is 137 cm³/mol. The Bertz CT molecular complexity index is 1450. The van der Waals surface area contributed by atoms with Gasteiger partial charge in [-0.25, -0.2) is 9.97 Å². The zero-order valence-electron chi connectivity index (χ0n) is 19.1. The van der Waals surface area contributed by atoms with E-state index in [2.05, 4.69) is 24.4 Å². The second-order valence-corrected chi connectivity index (χ2v) is 9.34. The number of nitrogens with zero attached hydrogens (tertiary/aromatic N) is 4. The summed E-state index contributed by atoms with van der Waals surface area (Å²) in [4.78, 5) is 22.7. The molecule has 0 saturated heterocycles. The summed E-state index contributed by atoms with van der Waals surface area (Å²) in [5, 5.41) is 9.13. The second kappa shape index (κ2) is 9.65. The van der Waals surface area contributed by atoms with Gasteiger partial charge in [0.25, 0.3) is 0 Å². The molecule has 5 aromatic rings. The van der Waals surface area contributed by atoms with E-state index < -0.39 is 0 Å². The maximum Gasteiger partial charge on any atom is 0.233 e. The van der Waals surface area contributed by atoms with E-state index in [4.69, 9.17) is 15.1 Å². The number of thioether (sulfide) groups is 1. The van der Waals surface area contributed by atoms with E-state index >= 15 is 0 Å². The molecule has 3 aromatic carbocycles. The number of hydrogen-bond acceptors (Lipinski definition) is 5. The first-order valence-electron chi connectivity index (χ1n) is 11.3. The third-order valence-electron chi connectivity index (χ3n) is 5.68. The SMILES string of the molecule is CC[C@H](Sc1nc2ccccc2c2nc(-c3ccccc3)nn12)C(=O)NCc1ccc(C)cc1. The molecule has 0 aliphatic heterocycles. The molecule has 2 heterocycles. The molecule has 7 heteroatoms. The Hall–Kier alpha value is -3.71. The number of benzene rings is 3. The fourth-order valence-corrected chi connectivity index (χ4v) is 4.76. The molecular weight excluding hydrogens is 442 g/mol. The molecular formula is C27H25N5OS. The molecule has 0 aliphatic carbocycles. The van der Waals surface area contributed by atoms with Crippen LogP contribution in [0.4, 0.5) is 0 Å². The highest BCUT2D eigenvalue weighted by Crippen LogP contribution is 2.29. The summed E-state index contributed by atoms with van der Waals surface area (Å²) in [6.07, 6.45) is 0.667. The van der Waals surface area contributed by atoms with Crippen molar-refractivity contribution in [2.24, 2.45) is 0 Å². The van der Waals surface area contributed by atoms with Gasteiger partial charge in [0.1, 0.15) is 0 Å². The maximum atomic E-state index is 13.0. The average molecular weight is 468 g/mol. The van der Waals surface area contributed by atoms with Crippen molar-refractivity contribution in [2.75, 3.05) is 0 Å². The Morgan fingerprint density at radius 3 is 2.47 bits per heavy atom. The minimum absolute atomic E-state index is 0.0143. The number of aryl methyl sites for hydroxylation is 1. The topological polar surface area (TPSA) is 72.2 Å². The minimum atomic E-state index is -0.299. The van der Waals surface area contributed by atoms with E-state index in [1.165, 1.54) is 17.3 Å². The number of carbonyl (C=O) groups is 1. The predicted octanol–water partition coefficient (Wildman–Crippen LogP) is 5.44. The van der Waals surface area contributed by atoms with Gasteiger partial charge in [-0.1, -0.05) is 91.0 Å². The Balaban J connectivity index is 1.46. The number of nitrogens with one attached hydrogen (secondary N) is 1. The Labute approximate surface area is 202 Å². The molecule has 0 spiro atoms. The van der Waals surface area contributed by atoms with Crippen molar-refractivity contribution in [1.29, 1.82) is 0 Å². The van der Waals surface area contributed by atoms with Crippen LogP contribution in [0.25, 0.3) is 27.9 Å². The van der Waals surface area contributed by atoms with Gasteiger partial charge in [-0.2, -0.15) is 4.52 Å². The van der Waals surface area contributed by atoms with Gasteiger partial charge in [0.15, 0.2) is 16.6 Å². The molecule has 0 aliphatic rings. The van der Waals surface area contributed by atoms with E-state index in [1.54, 1.807) is 4.52 Å². The summed E-state index contributed by atoms with van der Waals surface area (Å²) >= 11 is 1.42. The highest BCUT2D eigenvalue weighted by atomic mass is 32.2. The van der Waals surface area contributed by atoms with Crippen molar-refractivity contribution in [2.45, 2.75) is 37.2 Å². The van der Waals surface area contributed by atoms with Crippen LogP contribution < -0.4 is 5.32 Å². The first kappa shape index (κ1) is 22.1. The normalized spacial score (nSPS) is 12.2. The quantitative estimate of drug-likeness (QED) is 0.255. The van der Waals surface area contributed by atoms with Crippen LogP contribution in [0.5, 0.6) is 0 Å². The molecule has 6 nitrogen and oxygen atoms in total. The third-order valence-corrected chi connectivity index (χ3v) is 6.99. The van der Waals surface area contributed by atoms with Crippen LogP contribution in [0, 0.1) is 6.92 Å². The molecule has 0 radical (unpaired) electrons. The first-order valence-corrected chi connectivity index (χ1v) is 12.2. The number of carbonyl (C=O) groups excluding carboxylic acids is 1. The van der Waals surface area contributed by atoms with Gasteiger partial charge in [-0.15, -0.1) is 5.10 Å². The van der Waals surface area contributed by atoms with Crippen molar-refractivity contribution in [3.05, 3.63) is 90.0 Å². The van der Waals surface area contributed by atoms with Crippen molar-refractivity contribution >= 4 is 34.2 Å². The lowest BCUT2D eigenvalue weighted by molar-refractivity contribution is -0.120. The molecule has 1 N–H and O–H groups in total. The van der Waals surface area contributed by atoms with E-state index in [9.17, 15) is 4.79 Å². The third kappa shape index (κ3) is 4.52. The molecule has 1 amide bonds. The summed E-state index contributed by atoms with van der Waals surface area (Å²) in [5.74, 6) is 0.622. The molecule has 0 bridgehead atoms. The molecule has 1 atom stereocenters. The van der Waals surface area contributed by atoms with Crippen molar-refractivity contribution in [1.82, 2.24) is 24.9 Å². The summed E-state index contributed by atoms with van der Waals surface area (Å²) < 4.78 is 1.77. The van der Waals surface area contributed by atoms with Crippen LogP contribution in [-0.4, -0.2) is 30.7 Å². The highest BCUT2D eigenvalue weighted by molar-refractivity contribution is 8.00. The van der Waals surface area contributed by atoms with Crippen LogP contribution >= 0.6 is 11.8 Å². The van der Waals surface area contributed by atoms with Crippen LogP contribution in [0.3, 0.4) is 0 Å². The van der Waals surface area contributed by atoms with Gasteiger partial charge in [-0.05, 0) is 31.0 Å². The number of aromatic nitrogens is 4. The number of para-hydroxylation sites is 1. The summed E-state index contributed by atoms with van der Waals surface area (Å²) in [6, 6.07) is 26.0. The van der Waals surface area contributed by atoms with Gasteiger partial charge in [0.2, 0.25) is 5.91 Å². The number of rotatable bonds is 7. The average Bonchev–Trinajstić information content (AvgIpc) is 3.33. The fourth-order valence-electron chi connectivity index (χ4n) is 3.77. The van der Waals surface area contributed by atoms with E-state index in [0.29, 0.717) is 23.9 Å². The molecule has 2 aromatic heterocycles. The Morgan fingerprint density at radius 1 is 0.971 bits per heavy atom. The van der Waals surface area contributed by atoms with E-state index in [-0.39, 0.29) is 11.2 Å². The Morgan fingerprint density at radius 2 is 1.71 bits per heavy atom. The minimum Gasteiger partial charge on any atom is -0.351 e. The van der Waals surface area contributed by atoms with Gasteiger partial charge >= 0.3 is 0 Å². The zero-order chi connectivity index (χ0) is 23.5. The zero-order valence-corrected chi connectivity index (χ0v) is 19.9. The number of amides is 1. The smallest absolute Gasteiger partial charge is 0.233 e. The maximum absolute atomic E-state index is 13.0. The lowest BCUT2D eigenvalue weighted by Crippen LogP contribution is -2.32. The molecule has 34 heavy (non-hydrogen) atoms.